The van der Waals surface area contributed by atoms with Crippen LogP contribution in [0.4, 0.5) is 5.88 Å². The van der Waals surface area contributed by atoms with E-state index in [1.54, 1.807) is 24.3 Å². The standard InChI is InChI=1S/C36H26N2O5/c1-22-17-19-26(20-18-22)33-34(31(39)27-15-9-10-16-29(27)42-33)41-23(2)35(40)38-36-28(21-37)30(24-11-5-3-6-12-24)32(43-36)25-13-7-4-8-14-25/h3-20,23H,1-2H3,(H,38,40). The predicted octanol–water partition coefficient (Wildman–Crippen LogP) is 7.97. The average Bonchev–Trinajstić information content (AvgIpc) is 3.41. The molecule has 43 heavy (non-hydrogen) atoms. The van der Waals surface area contributed by atoms with Crippen LogP contribution in [-0.2, 0) is 4.79 Å². The highest BCUT2D eigenvalue weighted by Crippen LogP contribution is 2.41. The van der Waals surface area contributed by atoms with Crippen molar-refractivity contribution in [2.24, 2.45) is 0 Å². The molecule has 0 saturated heterocycles. The molecule has 1 atom stereocenters. The fourth-order valence-corrected chi connectivity index (χ4v) is 4.87. The number of nitrogens with zero attached hydrogens (tertiary/aromatic N) is 1. The summed E-state index contributed by atoms with van der Waals surface area (Å²) in [6.45, 7) is 3.48. The van der Waals surface area contributed by atoms with Crippen LogP contribution in [0, 0.1) is 18.3 Å². The normalized spacial score (nSPS) is 11.6. The van der Waals surface area contributed by atoms with Crippen molar-refractivity contribution >= 4 is 22.8 Å². The summed E-state index contributed by atoms with van der Waals surface area (Å²) in [7, 11) is 0. The average molecular weight is 567 g/mol. The quantitative estimate of drug-likeness (QED) is 0.210. The summed E-state index contributed by atoms with van der Waals surface area (Å²) in [6.07, 6.45) is -1.15. The summed E-state index contributed by atoms with van der Waals surface area (Å²) in [5.74, 6) is -0.0298. The molecule has 210 valence electrons. The first kappa shape index (κ1) is 27.3. The SMILES string of the molecule is Cc1ccc(-c2oc3ccccc3c(=O)c2OC(C)C(=O)Nc2oc(-c3ccccc3)c(-c3ccccc3)c2C#N)cc1. The molecule has 4 aromatic carbocycles. The van der Waals surface area contributed by atoms with Gasteiger partial charge in [0, 0.05) is 16.7 Å². The summed E-state index contributed by atoms with van der Waals surface area (Å²) in [4.78, 5) is 27.1. The number of anilines is 1. The Morgan fingerprint density at radius 2 is 1.40 bits per heavy atom. The van der Waals surface area contributed by atoms with E-state index in [0.29, 0.717) is 27.9 Å². The maximum atomic E-state index is 13.6. The lowest BCUT2D eigenvalue weighted by atomic mass is 9.98. The maximum Gasteiger partial charge on any atom is 0.267 e. The van der Waals surface area contributed by atoms with Crippen LogP contribution in [-0.4, -0.2) is 12.0 Å². The number of hydrogen-bond donors (Lipinski definition) is 1. The van der Waals surface area contributed by atoms with Crippen molar-refractivity contribution < 1.29 is 18.4 Å². The van der Waals surface area contributed by atoms with Crippen LogP contribution in [0.25, 0.3) is 44.7 Å². The van der Waals surface area contributed by atoms with Crippen LogP contribution >= 0.6 is 0 Å². The lowest BCUT2D eigenvalue weighted by Gasteiger charge is -2.16. The lowest BCUT2D eigenvalue weighted by molar-refractivity contribution is -0.122. The van der Waals surface area contributed by atoms with Crippen molar-refractivity contribution in [1.82, 2.24) is 0 Å². The van der Waals surface area contributed by atoms with Crippen LogP contribution in [0.2, 0.25) is 0 Å². The molecule has 0 spiro atoms. The number of benzene rings is 4. The molecule has 6 rings (SSSR count). The Balaban J connectivity index is 1.38. The van der Waals surface area contributed by atoms with Crippen molar-refractivity contribution in [2.45, 2.75) is 20.0 Å². The number of carbonyl (C=O) groups is 1. The number of ether oxygens (including phenoxy) is 1. The number of nitrogens with one attached hydrogen (secondary N) is 1. The molecule has 2 aromatic heterocycles. The zero-order chi connectivity index (χ0) is 29.9. The van der Waals surface area contributed by atoms with E-state index in [4.69, 9.17) is 13.6 Å². The Bertz CT molecular complexity index is 2040. The van der Waals surface area contributed by atoms with Crippen LogP contribution in [0.5, 0.6) is 5.75 Å². The van der Waals surface area contributed by atoms with Gasteiger partial charge in [-0.25, -0.2) is 0 Å². The van der Waals surface area contributed by atoms with Gasteiger partial charge in [0.1, 0.15) is 23.0 Å². The van der Waals surface area contributed by atoms with E-state index >= 15 is 0 Å². The second-order valence-electron chi connectivity index (χ2n) is 10.1. The van der Waals surface area contributed by atoms with E-state index in [2.05, 4.69) is 11.4 Å². The van der Waals surface area contributed by atoms with E-state index in [1.165, 1.54) is 6.92 Å². The molecule has 0 saturated carbocycles. The molecule has 2 heterocycles. The second-order valence-corrected chi connectivity index (χ2v) is 10.1. The minimum absolute atomic E-state index is 0.00930. The van der Waals surface area contributed by atoms with E-state index in [0.717, 1.165) is 16.7 Å². The van der Waals surface area contributed by atoms with Crippen molar-refractivity contribution in [3.05, 3.63) is 131 Å². The van der Waals surface area contributed by atoms with Gasteiger partial charge in [0.05, 0.1) is 5.39 Å². The van der Waals surface area contributed by atoms with E-state index in [1.807, 2.05) is 91.9 Å². The summed E-state index contributed by atoms with van der Waals surface area (Å²) in [5, 5.41) is 13.2. The number of rotatable bonds is 7. The van der Waals surface area contributed by atoms with E-state index in [-0.39, 0.29) is 23.0 Å². The molecule has 0 aliphatic rings. The third-order valence-electron chi connectivity index (χ3n) is 7.09. The third kappa shape index (κ3) is 5.30. The molecule has 0 radical (unpaired) electrons. The van der Waals surface area contributed by atoms with Gasteiger partial charge >= 0.3 is 0 Å². The number of furan rings is 1. The summed E-state index contributed by atoms with van der Waals surface area (Å²) < 4.78 is 18.3. The van der Waals surface area contributed by atoms with Crippen LogP contribution in [0.15, 0.2) is 123 Å². The fourth-order valence-electron chi connectivity index (χ4n) is 4.87. The van der Waals surface area contributed by atoms with Crippen LogP contribution in [0.3, 0.4) is 0 Å². The van der Waals surface area contributed by atoms with Gasteiger partial charge in [0.25, 0.3) is 5.91 Å². The van der Waals surface area contributed by atoms with Gasteiger partial charge in [0.15, 0.2) is 11.9 Å². The maximum absolute atomic E-state index is 13.6. The molecular weight excluding hydrogens is 540 g/mol. The van der Waals surface area contributed by atoms with E-state index < -0.39 is 17.4 Å². The number of amides is 1. The van der Waals surface area contributed by atoms with Gasteiger partial charge in [0.2, 0.25) is 17.1 Å². The molecule has 1 unspecified atom stereocenters. The molecule has 7 heteroatoms. The van der Waals surface area contributed by atoms with Gasteiger partial charge in [-0.1, -0.05) is 103 Å². The highest BCUT2D eigenvalue weighted by molar-refractivity contribution is 5.98. The molecule has 0 aliphatic heterocycles. The van der Waals surface area contributed by atoms with Gasteiger partial charge < -0.3 is 13.6 Å². The topological polar surface area (TPSA) is 105 Å². The number of fused-ring (bicyclic) bond motifs is 1. The van der Waals surface area contributed by atoms with Crippen molar-refractivity contribution in [3.8, 4) is 45.6 Å². The molecule has 7 nitrogen and oxygen atoms in total. The number of para-hydroxylation sites is 1. The highest BCUT2D eigenvalue weighted by atomic mass is 16.5. The summed E-state index contributed by atoms with van der Waals surface area (Å²) in [5.41, 5.74) is 3.94. The molecular formula is C36H26N2O5. The number of nitriles is 1. The van der Waals surface area contributed by atoms with Crippen molar-refractivity contribution in [2.75, 3.05) is 5.32 Å². The minimum Gasteiger partial charge on any atom is -0.473 e. The lowest BCUT2D eigenvalue weighted by Crippen LogP contribution is -2.32. The molecule has 0 aliphatic carbocycles. The fraction of sp³-hybridized carbons (Fsp3) is 0.0833. The van der Waals surface area contributed by atoms with Gasteiger partial charge in [-0.05, 0) is 31.5 Å². The summed E-state index contributed by atoms with van der Waals surface area (Å²) >= 11 is 0. The summed E-state index contributed by atoms with van der Waals surface area (Å²) in [6, 6.07) is 35.3. The first-order valence-electron chi connectivity index (χ1n) is 13.7. The Labute approximate surface area is 247 Å². The number of aryl methyl sites for hydroxylation is 1. The Morgan fingerprint density at radius 1 is 0.791 bits per heavy atom. The van der Waals surface area contributed by atoms with Gasteiger partial charge in [-0.3, -0.25) is 14.9 Å². The van der Waals surface area contributed by atoms with Gasteiger partial charge in [-0.2, -0.15) is 5.26 Å². The second kappa shape index (κ2) is 11.6. The van der Waals surface area contributed by atoms with Crippen molar-refractivity contribution in [1.29, 1.82) is 5.26 Å². The Kier molecular flexibility index (Phi) is 7.34. The Morgan fingerprint density at radius 3 is 2.07 bits per heavy atom. The Hall–Kier alpha value is -5.87. The number of carbonyl (C=O) groups excluding carboxylic acids is 1. The molecule has 0 bridgehead atoms. The zero-order valence-corrected chi connectivity index (χ0v) is 23.5. The van der Waals surface area contributed by atoms with E-state index in [9.17, 15) is 14.9 Å². The molecule has 1 N–H and O–H groups in total. The zero-order valence-electron chi connectivity index (χ0n) is 23.5. The molecule has 6 aromatic rings. The van der Waals surface area contributed by atoms with Gasteiger partial charge in [-0.15, -0.1) is 0 Å². The monoisotopic (exact) mass is 566 g/mol. The largest absolute Gasteiger partial charge is 0.473 e. The van der Waals surface area contributed by atoms with Crippen LogP contribution < -0.4 is 15.5 Å². The minimum atomic E-state index is -1.15. The van der Waals surface area contributed by atoms with Crippen molar-refractivity contribution in [3.63, 3.8) is 0 Å². The highest BCUT2D eigenvalue weighted by Gasteiger charge is 2.28. The molecule has 0 fully saturated rings. The van der Waals surface area contributed by atoms with Crippen LogP contribution in [0.1, 0.15) is 18.1 Å². The number of hydrogen-bond acceptors (Lipinski definition) is 6. The predicted molar refractivity (Wildman–Crippen MR) is 166 cm³/mol. The first-order valence-corrected chi connectivity index (χ1v) is 13.7. The first-order chi connectivity index (χ1) is 20.9. The smallest absolute Gasteiger partial charge is 0.267 e. The molecule has 1 amide bonds. The third-order valence-corrected chi connectivity index (χ3v) is 7.09.